The smallest absolute Gasteiger partial charge is 0.120 e. The molecule has 0 radical (unpaired) electrons. The highest BCUT2D eigenvalue weighted by atomic mass is 16.3. The van der Waals surface area contributed by atoms with E-state index >= 15 is 0 Å². The fourth-order valence-electron chi connectivity index (χ4n) is 3.29. The molecular formula is C18H32N2O. The van der Waals surface area contributed by atoms with Crippen LogP contribution < -0.4 is 5.32 Å². The molecule has 1 aromatic rings. The third kappa shape index (κ3) is 4.86. The topological polar surface area (TPSA) is 28.4 Å². The van der Waals surface area contributed by atoms with Crippen LogP contribution in [-0.4, -0.2) is 24.5 Å². The molecule has 1 aliphatic rings. The normalized spacial score (nSPS) is 16.5. The number of furan rings is 1. The summed E-state index contributed by atoms with van der Waals surface area (Å²) in [6, 6.07) is 2.99. The zero-order valence-electron chi connectivity index (χ0n) is 14.2. The Labute approximate surface area is 130 Å². The van der Waals surface area contributed by atoms with Crippen LogP contribution in [0.5, 0.6) is 0 Å². The molecule has 3 nitrogen and oxygen atoms in total. The van der Waals surface area contributed by atoms with Gasteiger partial charge in [0, 0.05) is 6.04 Å². The quantitative estimate of drug-likeness (QED) is 0.782. The number of hydrogen-bond acceptors (Lipinski definition) is 3. The van der Waals surface area contributed by atoms with Crippen LogP contribution in [0.3, 0.4) is 0 Å². The summed E-state index contributed by atoms with van der Waals surface area (Å²) in [6.07, 6.45) is 6.79. The molecule has 1 saturated carbocycles. The van der Waals surface area contributed by atoms with Crippen LogP contribution in [0.25, 0.3) is 0 Å². The standard InChI is InChI=1S/C18H32N2O/c1-14(2)9-10-20(16-7-5-6-8-16)13-17-11-15(3)18(21-17)12-19-4/h11,14,16,19H,5-10,12-13H2,1-4H3. The Kier molecular flexibility index (Phi) is 6.31. The third-order valence-corrected chi connectivity index (χ3v) is 4.60. The van der Waals surface area contributed by atoms with E-state index in [4.69, 9.17) is 4.42 Å². The molecule has 1 aromatic heterocycles. The fourth-order valence-corrected chi connectivity index (χ4v) is 3.29. The Balaban J connectivity index is 2.01. The minimum absolute atomic E-state index is 0.766. The van der Waals surface area contributed by atoms with E-state index in [1.165, 1.54) is 44.2 Å². The number of nitrogens with one attached hydrogen (secondary N) is 1. The van der Waals surface area contributed by atoms with Crippen molar-refractivity contribution >= 4 is 0 Å². The molecule has 0 spiro atoms. The Bertz CT molecular complexity index is 419. The predicted molar refractivity (Wildman–Crippen MR) is 88.3 cm³/mol. The van der Waals surface area contributed by atoms with Gasteiger partial charge >= 0.3 is 0 Å². The monoisotopic (exact) mass is 292 g/mol. The van der Waals surface area contributed by atoms with Crippen molar-refractivity contribution in [2.75, 3.05) is 13.6 Å². The van der Waals surface area contributed by atoms with Gasteiger partial charge in [0.25, 0.3) is 0 Å². The van der Waals surface area contributed by atoms with Gasteiger partial charge in [-0.3, -0.25) is 4.90 Å². The summed E-state index contributed by atoms with van der Waals surface area (Å²) in [6.45, 7) is 9.77. The molecule has 0 aliphatic heterocycles. The Hall–Kier alpha value is -0.800. The highest BCUT2D eigenvalue weighted by Crippen LogP contribution is 2.26. The molecule has 1 heterocycles. The van der Waals surface area contributed by atoms with Crippen LogP contribution in [0.2, 0.25) is 0 Å². The molecule has 3 heteroatoms. The van der Waals surface area contributed by atoms with Crippen LogP contribution in [0.15, 0.2) is 10.5 Å². The molecule has 0 saturated heterocycles. The first-order valence-electron chi connectivity index (χ1n) is 8.57. The third-order valence-electron chi connectivity index (χ3n) is 4.60. The molecule has 0 aromatic carbocycles. The molecule has 0 unspecified atom stereocenters. The van der Waals surface area contributed by atoms with E-state index < -0.39 is 0 Å². The molecule has 1 aliphatic carbocycles. The Morgan fingerprint density at radius 3 is 2.67 bits per heavy atom. The van der Waals surface area contributed by atoms with Crippen LogP contribution in [0.4, 0.5) is 0 Å². The van der Waals surface area contributed by atoms with Crippen molar-refractivity contribution in [2.45, 2.75) is 72.0 Å². The van der Waals surface area contributed by atoms with Gasteiger partial charge < -0.3 is 9.73 Å². The van der Waals surface area contributed by atoms with Gasteiger partial charge in [0.15, 0.2) is 0 Å². The molecule has 1 N–H and O–H groups in total. The minimum atomic E-state index is 0.766. The molecule has 0 bridgehead atoms. The molecule has 21 heavy (non-hydrogen) atoms. The number of nitrogens with zero attached hydrogens (tertiary/aromatic N) is 1. The first kappa shape index (κ1) is 16.6. The molecule has 0 atom stereocenters. The first-order valence-corrected chi connectivity index (χ1v) is 8.57. The van der Waals surface area contributed by atoms with Crippen LogP contribution in [0.1, 0.15) is 63.0 Å². The average Bonchev–Trinajstić information content (AvgIpc) is 3.06. The second-order valence-corrected chi connectivity index (χ2v) is 6.94. The van der Waals surface area contributed by atoms with Gasteiger partial charge in [-0.2, -0.15) is 0 Å². The van der Waals surface area contributed by atoms with E-state index in [0.717, 1.165) is 36.6 Å². The summed E-state index contributed by atoms with van der Waals surface area (Å²) in [5, 5.41) is 3.18. The minimum Gasteiger partial charge on any atom is -0.463 e. The molecule has 1 fully saturated rings. The summed E-state index contributed by atoms with van der Waals surface area (Å²) >= 11 is 0. The van der Waals surface area contributed by atoms with E-state index in [1.807, 2.05) is 7.05 Å². The molecule has 0 amide bonds. The molecule has 120 valence electrons. The van der Waals surface area contributed by atoms with E-state index in [2.05, 4.69) is 37.1 Å². The zero-order chi connectivity index (χ0) is 15.2. The lowest BCUT2D eigenvalue weighted by atomic mass is 10.1. The molecule has 2 rings (SSSR count). The number of hydrogen-bond donors (Lipinski definition) is 1. The summed E-state index contributed by atoms with van der Waals surface area (Å²) in [5.74, 6) is 2.99. The van der Waals surface area contributed by atoms with Gasteiger partial charge in [-0.05, 0) is 57.3 Å². The summed E-state index contributed by atoms with van der Waals surface area (Å²) < 4.78 is 6.05. The maximum atomic E-state index is 6.05. The van der Waals surface area contributed by atoms with Crippen molar-refractivity contribution in [1.82, 2.24) is 10.2 Å². The van der Waals surface area contributed by atoms with Crippen molar-refractivity contribution < 1.29 is 4.42 Å². The highest BCUT2D eigenvalue weighted by molar-refractivity contribution is 5.20. The number of rotatable bonds is 8. The van der Waals surface area contributed by atoms with Crippen molar-refractivity contribution in [1.29, 1.82) is 0 Å². The lowest BCUT2D eigenvalue weighted by Gasteiger charge is -2.28. The second kappa shape index (κ2) is 8.00. The van der Waals surface area contributed by atoms with Gasteiger partial charge in [0.1, 0.15) is 11.5 Å². The maximum Gasteiger partial charge on any atom is 0.120 e. The fraction of sp³-hybridized carbons (Fsp3) is 0.778. The van der Waals surface area contributed by atoms with E-state index in [0.29, 0.717) is 0 Å². The maximum absolute atomic E-state index is 6.05. The second-order valence-electron chi connectivity index (χ2n) is 6.94. The van der Waals surface area contributed by atoms with Crippen LogP contribution in [0, 0.1) is 12.8 Å². The Morgan fingerprint density at radius 2 is 2.05 bits per heavy atom. The SMILES string of the molecule is CNCc1oc(CN(CCC(C)C)C2CCCC2)cc1C. The zero-order valence-corrected chi connectivity index (χ0v) is 14.2. The van der Waals surface area contributed by atoms with Gasteiger partial charge in [0.2, 0.25) is 0 Å². The van der Waals surface area contributed by atoms with Gasteiger partial charge in [-0.15, -0.1) is 0 Å². The van der Waals surface area contributed by atoms with Crippen molar-refractivity contribution in [3.8, 4) is 0 Å². The van der Waals surface area contributed by atoms with Gasteiger partial charge in [-0.1, -0.05) is 26.7 Å². The van der Waals surface area contributed by atoms with E-state index in [9.17, 15) is 0 Å². The van der Waals surface area contributed by atoms with Crippen LogP contribution in [-0.2, 0) is 13.1 Å². The van der Waals surface area contributed by atoms with E-state index in [1.54, 1.807) is 0 Å². The van der Waals surface area contributed by atoms with Crippen molar-refractivity contribution in [3.05, 3.63) is 23.2 Å². The lowest BCUT2D eigenvalue weighted by molar-refractivity contribution is 0.165. The van der Waals surface area contributed by atoms with Crippen molar-refractivity contribution in [3.63, 3.8) is 0 Å². The predicted octanol–water partition coefficient (Wildman–Crippen LogP) is 4.10. The highest BCUT2D eigenvalue weighted by Gasteiger charge is 2.23. The Morgan fingerprint density at radius 1 is 1.33 bits per heavy atom. The van der Waals surface area contributed by atoms with E-state index in [-0.39, 0.29) is 0 Å². The largest absolute Gasteiger partial charge is 0.463 e. The summed E-state index contributed by atoms with van der Waals surface area (Å²) in [7, 11) is 1.97. The van der Waals surface area contributed by atoms with Crippen molar-refractivity contribution in [2.24, 2.45) is 5.92 Å². The average molecular weight is 292 g/mol. The molecular weight excluding hydrogens is 260 g/mol. The first-order chi connectivity index (χ1) is 10.1. The summed E-state index contributed by atoms with van der Waals surface area (Å²) in [5.41, 5.74) is 1.27. The lowest BCUT2D eigenvalue weighted by Crippen LogP contribution is -2.34. The van der Waals surface area contributed by atoms with Gasteiger partial charge in [0.05, 0.1) is 13.1 Å². The number of aryl methyl sites for hydroxylation is 1. The summed E-state index contributed by atoms with van der Waals surface area (Å²) in [4.78, 5) is 2.66. The van der Waals surface area contributed by atoms with Gasteiger partial charge in [-0.25, -0.2) is 0 Å². The van der Waals surface area contributed by atoms with Crippen LogP contribution >= 0.6 is 0 Å².